The van der Waals surface area contributed by atoms with Gasteiger partial charge in [0.25, 0.3) is 5.56 Å². The lowest BCUT2D eigenvalue weighted by Gasteiger charge is -2.04. The number of methoxy groups -OCH3 is 1. The molecule has 0 bridgehead atoms. The third kappa shape index (κ3) is 2.71. The van der Waals surface area contributed by atoms with Gasteiger partial charge in [0.05, 0.1) is 23.6 Å². The third-order valence-electron chi connectivity index (χ3n) is 3.10. The van der Waals surface area contributed by atoms with Gasteiger partial charge in [-0.1, -0.05) is 6.07 Å². The van der Waals surface area contributed by atoms with Gasteiger partial charge in [0.1, 0.15) is 5.82 Å². The Labute approximate surface area is 124 Å². The zero-order chi connectivity index (χ0) is 14.8. The molecule has 1 aromatic carbocycles. The Morgan fingerprint density at radius 2 is 2.24 bits per heavy atom. The number of carbonyl (C=O) groups is 1. The molecule has 0 atom stereocenters. The van der Waals surface area contributed by atoms with E-state index in [-0.39, 0.29) is 5.56 Å². The monoisotopic (exact) mass is 300 g/mol. The Morgan fingerprint density at radius 1 is 1.38 bits per heavy atom. The number of hydrogen-bond donors (Lipinski definition) is 1. The number of fused-ring (bicyclic) bond motifs is 1. The van der Waals surface area contributed by atoms with Crippen molar-refractivity contribution in [2.24, 2.45) is 0 Å². The molecule has 106 valence electrons. The largest absolute Gasteiger partial charge is 0.465 e. The van der Waals surface area contributed by atoms with Gasteiger partial charge in [0.15, 0.2) is 0 Å². The lowest BCUT2D eigenvalue weighted by molar-refractivity contribution is 0.0601. The molecule has 0 saturated heterocycles. The van der Waals surface area contributed by atoms with Crippen LogP contribution >= 0.6 is 11.3 Å². The normalized spacial score (nSPS) is 10.7. The number of hydrogen-bond acceptors (Lipinski definition) is 5. The lowest BCUT2D eigenvalue weighted by atomic mass is 10.1. The molecular formula is C15H12N2O3S. The van der Waals surface area contributed by atoms with Gasteiger partial charge < -0.3 is 9.72 Å². The topological polar surface area (TPSA) is 72.1 Å². The van der Waals surface area contributed by atoms with E-state index in [2.05, 4.69) is 14.7 Å². The Morgan fingerprint density at radius 3 is 2.95 bits per heavy atom. The van der Waals surface area contributed by atoms with E-state index in [4.69, 9.17) is 0 Å². The van der Waals surface area contributed by atoms with Gasteiger partial charge in [-0.3, -0.25) is 4.79 Å². The number of aromatic amines is 1. The molecular weight excluding hydrogens is 288 g/mol. The van der Waals surface area contributed by atoms with Crippen molar-refractivity contribution >= 4 is 28.2 Å². The summed E-state index contributed by atoms with van der Waals surface area (Å²) in [5.74, 6) is 0.135. The fourth-order valence-corrected chi connectivity index (χ4v) is 2.80. The second kappa shape index (κ2) is 5.49. The van der Waals surface area contributed by atoms with Crippen molar-refractivity contribution in [2.75, 3.05) is 7.11 Å². The minimum absolute atomic E-state index is 0.206. The number of esters is 1. The molecule has 21 heavy (non-hydrogen) atoms. The van der Waals surface area contributed by atoms with E-state index in [9.17, 15) is 9.59 Å². The van der Waals surface area contributed by atoms with Gasteiger partial charge in [-0.05, 0) is 29.6 Å². The molecule has 0 aliphatic heterocycles. The SMILES string of the molecule is COC(=O)c1ccc2c(=O)[nH]c(Cc3cccs3)nc2c1. The molecule has 2 heterocycles. The molecule has 1 N–H and O–H groups in total. The first-order chi connectivity index (χ1) is 10.2. The second-order valence-electron chi connectivity index (χ2n) is 4.49. The van der Waals surface area contributed by atoms with Crippen molar-refractivity contribution in [1.29, 1.82) is 0 Å². The van der Waals surface area contributed by atoms with E-state index in [1.165, 1.54) is 7.11 Å². The maximum absolute atomic E-state index is 12.1. The van der Waals surface area contributed by atoms with Gasteiger partial charge in [0.2, 0.25) is 0 Å². The molecule has 3 rings (SSSR count). The molecule has 3 aromatic rings. The lowest BCUT2D eigenvalue weighted by Crippen LogP contribution is -2.13. The minimum Gasteiger partial charge on any atom is -0.465 e. The van der Waals surface area contributed by atoms with Crippen LogP contribution in [0.3, 0.4) is 0 Å². The van der Waals surface area contributed by atoms with E-state index in [0.29, 0.717) is 28.7 Å². The summed E-state index contributed by atoms with van der Waals surface area (Å²) in [4.78, 5) is 31.9. The summed E-state index contributed by atoms with van der Waals surface area (Å²) >= 11 is 1.60. The summed E-state index contributed by atoms with van der Waals surface area (Å²) < 4.78 is 4.68. The highest BCUT2D eigenvalue weighted by Crippen LogP contribution is 2.15. The molecule has 0 unspecified atom stereocenters. The second-order valence-corrected chi connectivity index (χ2v) is 5.52. The number of H-pyrrole nitrogens is 1. The fraction of sp³-hybridized carbons (Fsp3) is 0.133. The van der Waals surface area contributed by atoms with Crippen LogP contribution in [0, 0.1) is 0 Å². The van der Waals surface area contributed by atoms with Crippen LogP contribution in [0.5, 0.6) is 0 Å². The minimum atomic E-state index is -0.446. The first-order valence-electron chi connectivity index (χ1n) is 6.31. The van der Waals surface area contributed by atoms with Crippen molar-refractivity contribution in [3.05, 3.63) is 62.3 Å². The van der Waals surface area contributed by atoms with Gasteiger partial charge in [-0.15, -0.1) is 11.3 Å². The molecule has 5 nitrogen and oxygen atoms in total. The standard InChI is InChI=1S/C15H12N2O3S/c1-20-15(19)9-4-5-11-12(7-9)16-13(17-14(11)18)8-10-3-2-6-21-10/h2-7H,8H2,1H3,(H,16,17,18). The summed E-state index contributed by atoms with van der Waals surface area (Å²) in [5.41, 5.74) is 0.668. The quantitative estimate of drug-likeness (QED) is 0.754. The zero-order valence-electron chi connectivity index (χ0n) is 11.3. The summed E-state index contributed by atoms with van der Waals surface area (Å²) in [7, 11) is 1.32. The van der Waals surface area contributed by atoms with Crippen LogP contribution in [0.1, 0.15) is 21.1 Å². The highest BCUT2D eigenvalue weighted by atomic mass is 32.1. The predicted octanol–water partition coefficient (Wildman–Crippen LogP) is 2.36. The van der Waals surface area contributed by atoms with Crippen molar-refractivity contribution in [3.63, 3.8) is 0 Å². The number of thiophene rings is 1. The summed E-state index contributed by atoms with van der Waals surface area (Å²) in [6.07, 6.45) is 0.561. The van der Waals surface area contributed by atoms with Crippen LogP contribution < -0.4 is 5.56 Å². The fourth-order valence-electron chi connectivity index (χ4n) is 2.09. The molecule has 2 aromatic heterocycles. The van der Waals surface area contributed by atoms with E-state index in [1.807, 2.05) is 17.5 Å². The van der Waals surface area contributed by atoms with Crippen molar-refractivity contribution < 1.29 is 9.53 Å². The van der Waals surface area contributed by atoms with Crippen molar-refractivity contribution in [1.82, 2.24) is 9.97 Å². The average molecular weight is 300 g/mol. The number of carbonyl (C=O) groups excluding carboxylic acids is 1. The van der Waals surface area contributed by atoms with Crippen LogP contribution in [0.25, 0.3) is 10.9 Å². The number of aromatic nitrogens is 2. The zero-order valence-corrected chi connectivity index (χ0v) is 12.1. The highest BCUT2D eigenvalue weighted by molar-refractivity contribution is 7.09. The van der Waals surface area contributed by atoms with E-state index < -0.39 is 5.97 Å². The van der Waals surface area contributed by atoms with Crippen LogP contribution in [0.2, 0.25) is 0 Å². The Balaban J connectivity index is 2.08. The summed E-state index contributed by atoms with van der Waals surface area (Å²) in [5, 5.41) is 2.43. The van der Waals surface area contributed by atoms with E-state index >= 15 is 0 Å². The molecule has 6 heteroatoms. The molecule has 0 aliphatic rings. The molecule has 0 radical (unpaired) electrons. The number of nitrogens with one attached hydrogen (secondary N) is 1. The highest BCUT2D eigenvalue weighted by Gasteiger charge is 2.10. The van der Waals surface area contributed by atoms with Gasteiger partial charge in [0, 0.05) is 11.3 Å². The number of rotatable bonds is 3. The number of benzene rings is 1. The van der Waals surface area contributed by atoms with Crippen LogP contribution in [-0.4, -0.2) is 23.0 Å². The Bertz CT molecular complexity index is 853. The van der Waals surface area contributed by atoms with Crippen LogP contribution in [0.15, 0.2) is 40.5 Å². The Hall–Kier alpha value is -2.47. The first kappa shape index (κ1) is 13.5. The average Bonchev–Trinajstić information content (AvgIpc) is 2.98. The van der Waals surface area contributed by atoms with Gasteiger partial charge in [-0.2, -0.15) is 0 Å². The van der Waals surface area contributed by atoms with Crippen LogP contribution in [0.4, 0.5) is 0 Å². The molecule has 0 saturated carbocycles. The number of ether oxygens (including phenoxy) is 1. The van der Waals surface area contributed by atoms with Gasteiger partial charge >= 0.3 is 5.97 Å². The first-order valence-corrected chi connectivity index (χ1v) is 7.19. The third-order valence-corrected chi connectivity index (χ3v) is 3.97. The smallest absolute Gasteiger partial charge is 0.337 e. The molecule has 0 aliphatic carbocycles. The predicted molar refractivity (Wildman–Crippen MR) is 80.8 cm³/mol. The van der Waals surface area contributed by atoms with E-state index in [1.54, 1.807) is 29.5 Å². The summed E-state index contributed by atoms with van der Waals surface area (Å²) in [6, 6.07) is 8.66. The van der Waals surface area contributed by atoms with Crippen molar-refractivity contribution in [3.8, 4) is 0 Å². The number of nitrogens with zero attached hydrogens (tertiary/aromatic N) is 1. The van der Waals surface area contributed by atoms with Crippen molar-refractivity contribution in [2.45, 2.75) is 6.42 Å². The van der Waals surface area contributed by atoms with Gasteiger partial charge in [-0.25, -0.2) is 9.78 Å². The maximum atomic E-state index is 12.1. The Kier molecular flexibility index (Phi) is 3.53. The molecule has 0 fully saturated rings. The van der Waals surface area contributed by atoms with Crippen LogP contribution in [-0.2, 0) is 11.2 Å². The van der Waals surface area contributed by atoms with E-state index in [0.717, 1.165) is 4.88 Å². The summed E-state index contributed by atoms with van der Waals surface area (Å²) in [6.45, 7) is 0. The maximum Gasteiger partial charge on any atom is 0.337 e. The molecule has 0 amide bonds. The molecule has 0 spiro atoms.